The molecule has 2 heterocycles. The third-order valence-electron chi connectivity index (χ3n) is 4.55. The molecule has 1 aromatic heterocycles. The number of nitrogens with zero attached hydrogens (tertiary/aromatic N) is 2. The smallest absolute Gasteiger partial charge is 0.322 e. The highest BCUT2D eigenvalue weighted by Crippen LogP contribution is 2.34. The number of urea groups is 1. The fourth-order valence-corrected chi connectivity index (χ4v) is 3.26. The molecule has 0 bridgehead atoms. The van der Waals surface area contributed by atoms with Crippen LogP contribution in [0.3, 0.4) is 0 Å². The Balaban J connectivity index is 1.79. The first kappa shape index (κ1) is 18.5. The third kappa shape index (κ3) is 3.94. The number of hydrogen-bond acceptors (Lipinski definition) is 5. The summed E-state index contributed by atoms with van der Waals surface area (Å²) in [5.41, 5.74) is 6.86. The number of primary amides is 1. The number of aromatic nitrogens is 1. The number of ether oxygens (including phenoxy) is 2. The molecule has 8 nitrogen and oxygen atoms in total. The van der Waals surface area contributed by atoms with Crippen LogP contribution < -0.4 is 20.5 Å². The maximum absolute atomic E-state index is 12.8. The van der Waals surface area contributed by atoms with Crippen molar-refractivity contribution >= 4 is 17.6 Å². The highest BCUT2D eigenvalue weighted by atomic mass is 16.5. The SMILES string of the molecule is COc1cccc([C@@H]2CCCN2C(=O)Nc2cnc(OC)c(C(N)=O)c2)c1. The highest BCUT2D eigenvalue weighted by Gasteiger charge is 2.30. The minimum atomic E-state index is -0.675. The summed E-state index contributed by atoms with van der Waals surface area (Å²) >= 11 is 0. The molecule has 2 aromatic rings. The summed E-state index contributed by atoms with van der Waals surface area (Å²) in [5.74, 6) is 0.201. The number of amides is 3. The van der Waals surface area contributed by atoms with Crippen molar-refractivity contribution in [3.8, 4) is 11.6 Å². The van der Waals surface area contributed by atoms with Gasteiger partial charge in [0, 0.05) is 6.54 Å². The predicted molar refractivity (Wildman–Crippen MR) is 100 cm³/mol. The second-order valence-corrected chi connectivity index (χ2v) is 6.20. The minimum absolute atomic E-state index is 0.0399. The highest BCUT2D eigenvalue weighted by molar-refractivity contribution is 5.97. The third-order valence-corrected chi connectivity index (χ3v) is 4.55. The summed E-state index contributed by atoms with van der Waals surface area (Å²) in [5, 5.41) is 2.79. The number of hydrogen-bond donors (Lipinski definition) is 2. The molecule has 1 atom stereocenters. The van der Waals surface area contributed by atoms with Gasteiger partial charge < -0.3 is 25.4 Å². The van der Waals surface area contributed by atoms with Crippen LogP contribution in [0.1, 0.15) is 34.8 Å². The van der Waals surface area contributed by atoms with E-state index in [-0.39, 0.29) is 23.5 Å². The van der Waals surface area contributed by atoms with E-state index < -0.39 is 5.91 Å². The molecule has 3 rings (SSSR count). The van der Waals surface area contributed by atoms with Gasteiger partial charge in [-0.3, -0.25) is 4.79 Å². The molecule has 1 aliphatic heterocycles. The molecule has 0 aliphatic carbocycles. The maximum Gasteiger partial charge on any atom is 0.322 e. The molecular weight excluding hydrogens is 348 g/mol. The van der Waals surface area contributed by atoms with Gasteiger partial charge in [-0.2, -0.15) is 0 Å². The Morgan fingerprint density at radius 2 is 2.07 bits per heavy atom. The molecule has 0 saturated carbocycles. The second kappa shape index (κ2) is 7.94. The number of pyridine rings is 1. The van der Waals surface area contributed by atoms with Gasteiger partial charge in [-0.05, 0) is 36.6 Å². The molecular formula is C19H22N4O4. The van der Waals surface area contributed by atoms with Gasteiger partial charge in [0.25, 0.3) is 5.91 Å². The van der Waals surface area contributed by atoms with Gasteiger partial charge in [-0.15, -0.1) is 0 Å². The standard InChI is InChI=1S/C19H22N4O4/c1-26-14-6-3-5-12(9-14)16-7-4-8-23(16)19(25)22-13-10-15(17(20)24)18(27-2)21-11-13/h3,5-6,9-11,16H,4,7-8H2,1-2H3,(H2,20,24)(H,22,25)/t16-/m0/s1. The second-order valence-electron chi connectivity index (χ2n) is 6.20. The van der Waals surface area contributed by atoms with Crippen LogP contribution in [-0.4, -0.2) is 42.6 Å². The minimum Gasteiger partial charge on any atom is -0.497 e. The molecule has 1 aromatic carbocycles. The molecule has 0 spiro atoms. The van der Waals surface area contributed by atoms with Gasteiger partial charge in [-0.25, -0.2) is 9.78 Å². The van der Waals surface area contributed by atoms with E-state index in [1.54, 1.807) is 12.0 Å². The number of likely N-dealkylation sites (tertiary alicyclic amines) is 1. The molecule has 27 heavy (non-hydrogen) atoms. The Bertz CT molecular complexity index is 855. The van der Waals surface area contributed by atoms with Crippen LogP contribution in [0.4, 0.5) is 10.5 Å². The summed E-state index contributed by atoms with van der Waals surface area (Å²) in [6, 6.07) is 8.87. The molecule has 3 N–H and O–H groups in total. The quantitative estimate of drug-likeness (QED) is 0.841. The molecule has 8 heteroatoms. The zero-order valence-electron chi connectivity index (χ0n) is 15.3. The number of carbonyl (C=O) groups is 2. The number of nitrogens with two attached hydrogens (primary N) is 1. The topological polar surface area (TPSA) is 107 Å². The van der Waals surface area contributed by atoms with Crippen molar-refractivity contribution in [2.24, 2.45) is 5.73 Å². The average Bonchev–Trinajstić information content (AvgIpc) is 3.18. The molecule has 1 saturated heterocycles. The molecule has 3 amide bonds. The van der Waals surface area contributed by atoms with Crippen LogP contribution in [-0.2, 0) is 0 Å². The molecule has 1 fully saturated rings. The van der Waals surface area contributed by atoms with Gasteiger partial charge in [0.1, 0.15) is 11.3 Å². The van der Waals surface area contributed by atoms with Gasteiger partial charge in [0.05, 0.1) is 32.1 Å². The molecule has 0 unspecified atom stereocenters. The number of nitrogens with one attached hydrogen (secondary N) is 1. The zero-order chi connectivity index (χ0) is 19.4. The van der Waals surface area contributed by atoms with Crippen LogP contribution in [0, 0.1) is 0 Å². The van der Waals surface area contributed by atoms with Crippen molar-refractivity contribution in [1.29, 1.82) is 0 Å². The van der Waals surface area contributed by atoms with Crippen molar-refractivity contribution in [3.05, 3.63) is 47.7 Å². The lowest BCUT2D eigenvalue weighted by Gasteiger charge is -2.25. The van der Waals surface area contributed by atoms with E-state index in [4.69, 9.17) is 15.2 Å². The summed E-state index contributed by atoms with van der Waals surface area (Å²) in [6.45, 7) is 0.639. The van der Waals surface area contributed by atoms with E-state index >= 15 is 0 Å². The Labute approximate surface area is 157 Å². The molecule has 0 radical (unpaired) electrons. The Hall–Kier alpha value is -3.29. The molecule has 142 valence electrons. The van der Waals surface area contributed by atoms with Crippen molar-refractivity contribution in [2.45, 2.75) is 18.9 Å². The Morgan fingerprint density at radius 3 is 2.78 bits per heavy atom. The van der Waals surface area contributed by atoms with E-state index in [9.17, 15) is 9.59 Å². The number of carbonyl (C=O) groups excluding carboxylic acids is 2. The van der Waals surface area contributed by atoms with Crippen LogP contribution in [0.15, 0.2) is 36.5 Å². The monoisotopic (exact) mass is 370 g/mol. The van der Waals surface area contributed by atoms with Gasteiger partial charge in [0.15, 0.2) is 0 Å². The normalized spacial score (nSPS) is 16.1. The lowest BCUT2D eigenvalue weighted by Crippen LogP contribution is -2.34. The summed E-state index contributed by atoms with van der Waals surface area (Å²) in [7, 11) is 3.02. The first-order chi connectivity index (χ1) is 13.0. The van der Waals surface area contributed by atoms with E-state index in [2.05, 4.69) is 10.3 Å². The fourth-order valence-electron chi connectivity index (χ4n) is 3.26. The van der Waals surface area contributed by atoms with Crippen molar-refractivity contribution < 1.29 is 19.1 Å². The maximum atomic E-state index is 12.8. The average molecular weight is 370 g/mol. The van der Waals surface area contributed by atoms with Gasteiger partial charge in [0.2, 0.25) is 5.88 Å². The largest absolute Gasteiger partial charge is 0.497 e. The summed E-state index contributed by atoms with van der Waals surface area (Å²) < 4.78 is 10.3. The van der Waals surface area contributed by atoms with Crippen LogP contribution >= 0.6 is 0 Å². The van der Waals surface area contributed by atoms with Crippen molar-refractivity contribution in [2.75, 3.05) is 26.1 Å². The predicted octanol–water partition coefficient (Wildman–Crippen LogP) is 2.57. The Kier molecular flexibility index (Phi) is 5.44. The zero-order valence-corrected chi connectivity index (χ0v) is 15.3. The lowest BCUT2D eigenvalue weighted by atomic mass is 10.0. The number of anilines is 1. The summed E-state index contributed by atoms with van der Waals surface area (Å²) in [6.07, 6.45) is 3.20. The fraction of sp³-hybridized carbons (Fsp3) is 0.316. The van der Waals surface area contributed by atoms with Crippen molar-refractivity contribution in [3.63, 3.8) is 0 Å². The van der Waals surface area contributed by atoms with Gasteiger partial charge >= 0.3 is 6.03 Å². The van der Waals surface area contributed by atoms with Crippen LogP contribution in [0.25, 0.3) is 0 Å². The molecule has 1 aliphatic rings. The van der Waals surface area contributed by atoms with E-state index in [1.807, 2.05) is 24.3 Å². The van der Waals surface area contributed by atoms with E-state index in [1.165, 1.54) is 19.4 Å². The number of benzene rings is 1. The summed E-state index contributed by atoms with van der Waals surface area (Å²) in [4.78, 5) is 30.1. The van der Waals surface area contributed by atoms with Crippen LogP contribution in [0.5, 0.6) is 11.6 Å². The van der Waals surface area contributed by atoms with E-state index in [0.717, 1.165) is 24.2 Å². The van der Waals surface area contributed by atoms with Crippen molar-refractivity contribution in [1.82, 2.24) is 9.88 Å². The number of rotatable bonds is 5. The Morgan fingerprint density at radius 1 is 1.26 bits per heavy atom. The first-order valence-electron chi connectivity index (χ1n) is 8.59. The first-order valence-corrected chi connectivity index (χ1v) is 8.59. The lowest BCUT2D eigenvalue weighted by molar-refractivity contribution is 0.0996. The van der Waals surface area contributed by atoms with Crippen LogP contribution in [0.2, 0.25) is 0 Å². The van der Waals surface area contributed by atoms with E-state index in [0.29, 0.717) is 12.2 Å². The number of methoxy groups -OCH3 is 2. The van der Waals surface area contributed by atoms with Gasteiger partial charge in [-0.1, -0.05) is 12.1 Å².